The zero-order chi connectivity index (χ0) is 23.7. The summed E-state index contributed by atoms with van der Waals surface area (Å²) >= 11 is 0. The van der Waals surface area contributed by atoms with Crippen molar-refractivity contribution >= 4 is 11.9 Å². The molecule has 12 heteroatoms. The Morgan fingerprint density at radius 2 is 1.56 bits per heavy atom. The Hall–Kier alpha value is -4.22. The smallest absolute Gasteiger partial charge is 0.336 e. The van der Waals surface area contributed by atoms with Gasteiger partial charge in [0.05, 0.1) is 11.4 Å². The maximum absolute atomic E-state index is 13.0. The molecular weight excluding hydrogens is 449 g/mol. The Balaban J connectivity index is 1.24. The summed E-state index contributed by atoms with van der Waals surface area (Å²) in [6, 6.07) is 16.8. The van der Waals surface area contributed by atoms with Crippen LogP contribution in [0.15, 0.2) is 66.9 Å². The van der Waals surface area contributed by atoms with E-state index in [4.69, 9.17) is 0 Å². The second-order valence-electron chi connectivity index (χ2n) is 7.70. The molecular formula is C22H19F3N8O. The number of amides is 1. The maximum atomic E-state index is 13.0. The van der Waals surface area contributed by atoms with E-state index in [1.807, 2.05) is 35.2 Å². The van der Waals surface area contributed by atoms with Crippen molar-refractivity contribution in [2.24, 2.45) is 0 Å². The number of tetrazole rings is 1. The molecule has 0 atom stereocenters. The van der Waals surface area contributed by atoms with Gasteiger partial charge < -0.3 is 9.80 Å². The van der Waals surface area contributed by atoms with Gasteiger partial charge in [0.2, 0.25) is 5.95 Å². The fourth-order valence-electron chi connectivity index (χ4n) is 3.78. The Kier molecular flexibility index (Phi) is 5.48. The number of rotatable bonds is 4. The van der Waals surface area contributed by atoms with Gasteiger partial charge in [-0.25, -0.2) is 4.68 Å². The minimum absolute atomic E-state index is 0.148. The van der Waals surface area contributed by atoms with Crippen LogP contribution in [0.25, 0.3) is 11.4 Å². The zero-order valence-electron chi connectivity index (χ0n) is 17.8. The van der Waals surface area contributed by atoms with Crippen molar-refractivity contribution in [1.29, 1.82) is 0 Å². The number of hydrogen-bond donors (Lipinski definition) is 0. The van der Waals surface area contributed by atoms with E-state index in [1.54, 1.807) is 33.8 Å². The highest BCUT2D eigenvalue weighted by Gasteiger charge is 2.33. The molecule has 9 nitrogen and oxygen atoms in total. The fourth-order valence-corrected chi connectivity index (χ4v) is 3.78. The number of aromatic nitrogens is 6. The van der Waals surface area contributed by atoms with Crippen LogP contribution in [0.3, 0.4) is 0 Å². The first-order chi connectivity index (χ1) is 16.4. The number of alkyl halides is 3. The number of para-hydroxylation sites is 1. The number of piperazine rings is 1. The van der Waals surface area contributed by atoms with E-state index >= 15 is 0 Å². The topological polar surface area (TPSA) is 85.0 Å². The molecule has 1 aliphatic rings. The summed E-state index contributed by atoms with van der Waals surface area (Å²) in [5.74, 6) is 0.463. The fraction of sp³-hybridized carbons (Fsp3) is 0.227. The largest absolute Gasteiger partial charge is 0.435 e. The Morgan fingerprint density at radius 3 is 2.21 bits per heavy atom. The van der Waals surface area contributed by atoms with Gasteiger partial charge >= 0.3 is 6.18 Å². The summed E-state index contributed by atoms with van der Waals surface area (Å²) in [5, 5.41) is 15.6. The first-order valence-electron chi connectivity index (χ1n) is 10.5. The molecule has 174 valence electrons. The number of benzene rings is 2. The lowest BCUT2D eigenvalue weighted by molar-refractivity contribution is -0.141. The standard InChI is InChI=1S/C22H19F3N8O/c23-22(24,25)19-10-11-32(27-19)17-8-6-16(7-9-17)20(34)30-12-14-31(15-13-30)21-26-28-29-33(21)18-4-2-1-3-5-18/h1-11H,12-15H2. The van der Waals surface area contributed by atoms with Crippen LogP contribution in [0.1, 0.15) is 16.1 Å². The highest BCUT2D eigenvalue weighted by molar-refractivity contribution is 5.94. The van der Waals surface area contributed by atoms with Crippen LogP contribution in [0.5, 0.6) is 0 Å². The zero-order valence-corrected chi connectivity index (χ0v) is 17.8. The first-order valence-corrected chi connectivity index (χ1v) is 10.5. The van der Waals surface area contributed by atoms with Crippen molar-refractivity contribution < 1.29 is 18.0 Å². The van der Waals surface area contributed by atoms with Gasteiger partial charge in [-0.1, -0.05) is 23.3 Å². The molecule has 2 aromatic carbocycles. The molecule has 0 N–H and O–H groups in total. The molecule has 0 bridgehead atoms. The van der Waals surface area contributed by atoms with Gasteiger partial charge in [0.1, 0.15) is 0 Å². The van der Waals surface area contributed by atoms with Crippen LogP contribution in [0, 0.1) is 0 Å². The van der Waals surface area contributed by atoms with Crippen molar-refractivity contribution in [2.45, 2.75) is 6.18 Å². The first kappa shape index (κ1) is 21.6. The molecule has 4 aromatic rings. The SMILES string of the molecule is O=C(c1ccc(-n2ccc(C(F)(F)F)n2)cc1)N1CCN(c2nnnn2-c2ccccc2)CC1. The molecule has 1 saturated heterocycles. The molecule has 0 radical (unpaired) electrons. The summed E-state index contributed by atoms with van der Waals surface area (Å²) in [6.07, 6.45) is -3.27. The summed E-state index contributed by atoms with van der Waals surface area (Å²) in [7, 11) is 0. The van der Waals surface area contributed by atoms with Crippen molar-refractivity contribution in [1.82, 2.24) is 34.9 Å². The van der Waals surface area contributed by atoms with Crippen LogP contribution in [-0.2, 0) is 6.18 Å². The molecule has 2 aromatic heterocycles. The predicted molar refractivity (Wildman–Crippen MR) is 116 cm³/mol. The van der Waals surface area contributed by atoms with Gasteiger partial charge in [-0.2, -0.15) is 23.0 Å². The Bertz CT molecular complexity index is 1280. The number of halogens is 3. The van der Waals surface area contributed by atoms with Crippen LogP contribution >= 0.6 is 0 Å². The van der Waals surface area contributed by atoms with Gasteiger partial charge in [-0.15, -0.1) is 0 Å². The minimum atomic E-state index is -4.51. The van der Waals surface area contributed by atoms with Crippen LogP contribution in [0.4, 0.5) is 19.1 Å². The molecule has 1 amide bonds. The summed E-state index contributed by atoms with van der Waals surface area (Å²) < 4.78 is 41.1. The third kappa shape index (κ3) is 4.21. The lowest BCUT2D eigenvalue weighted by Gasteiger charge is -2.34. The van der Waals surface area contributed by atoms with Crippen LogP contribution < -0.4 is 4.90 Å². The van der Waals surface area contributed by atoms with Gasteiger partial charge in [0.25, 0.3) is 5.91 Å². The van der Waals surface area contributed by atoms with E-state index in [9.17, 15) is 18.0 Å². The van der Waals surface area contributed by atoms with Crippen molar-refractivity contribution in [3.63, 3.8) is 0 Å². The average molecular weight is 468 g/mol. The van der Waals surface area contributed by atoms with Gasteiger partial charge in [0, 0.05) is 37.9 Å². The molecule has 0 unspecified atom stereocenters. The second-order valence-corrected chi connectivity index (χ2v) is 7.70. The third-order valence-electron chi connectivity index (χ3n) is 5.56. The van der Waals surface area contributed by atoms with Gasteiger partial charge in [-0.05, 0) is 52.9 Å². The molecule has 1 aliphatic heterocycles. The van der Waals surface area contributed by atoms with Crippen LogP contribution in [-0.4, -0.2) is 67.0 Å². The minimum Gasteiger partial charge on any atom is -0.336 e. The Labute approximate surface area is 192 Å². The predicted octanol–water partition coefficient (Wildman–Crippen LogP) is 2.83. The highest BCUT2D eigenvalue weighted by Crippen LogP contribution is 2.28. The molecule has 1 fully saturated rings. The van der Waals surface area contributed by atoms with Crippen molar-refractivity contribution in [3.8, 4) is 11.4 Å². The molecule has 0 saturated carbocycles. The third-order valence-corrected chi connectivity index (χ3v) is 5.56. The average Bonchev–Trinajstić information content (AvgIpc) is 3.55. The number of carbonyl (C=O) groups is 1. The molecule has 5 rings (SSSR count). The number of carbonyl (C=O) groups excluding carboxylic acids is 1. The monoisotopic (exact) mass is 468 g/mol. The van der Waals surface area contributed by atoms with Gasteiger partial charge in [0.15, 0.2) is 5.69 Å². The van der Waals surface area contributed by atoms with E-state index in [-0.39, 0.29) is 5.91 Å². The van der Waals surface area contributed by atoms with Crippen molar-refractivity contribution in [2.75, 3.05) is 31.1 Å². The van der Waals surface area contributed by atoms with Crippen LogP contribution in [0.2, 0.25) is 0 Å². The number of nitrogens with zero attached hydrogens (tertiary/aromatic N) is 8. The number of hydrogen-bond acceptors (Lipinski definition) is 6. The van der Waals surface area contributed by atoms with E-state index in [0.717, 1.165) is 16.4 Å². The molecule has 34 heavy (non-hydrogen) atoms. The maximum Gasteiger partial charge on any atom is 0.435 e. The second kappa shape index (κ2) is 8.61. The summed E-state index contributed by atoms with van der Waals surface area (Å²) in [4.78, 5) is 16.7. The normalized spacial score (nSPS) is 14.4. The van der Waals surface area contributed by atoms with E-state index in [0.29, 0.717) is 43.4 Å². The van der Waals surface area contributed by atoms with Gasteiger partial charge in [-0.3, -0.25) is 4.79 Å². The molecule has 0 aliphatic carbocycles. The molecule has 3 heterocycles. The van der Waals surface area contributed by atoms with Crippen molar-refractivity contribution in [3.05, 3.63) is 78.1 Å². The summed E-state index contributed by atoms with van der Waals surface area (Å²) in [6.45, 7) is 2.09. The van der Waals surface area contributed by atoms with E-state index in [2.05, 4.69) is 20.6 Å². The van der Waals surface area contributed by atoms with E-state index in [1.165, 1.54) is 6.20 Å². The molecule has 0 spiro atoms. The lowest BCUT2D eigenvalue weighted by Crippen LogP contribution is -2.49. The van der Waals surface area contributed by atoms with E-state index < -0.39 is 11.9 Å². The number of anilines is 1. The highest BCUT2D eigenvalue weighted by atomic mass is 19.4. The lowest BCUT2D eigenvalue weighted by atomic mass is 10.1. The summed E-state index contributed by atoms with van der Waals surface area (Å²) in [5.41, 5.74) is 0.767. The Morgan fingerprint density at radius 1 is 0.853 bits per heavy atom. The quantitative estimate of drug-likeness (QED) is 0.458.